The van der Waals surface area contributed by atoms with Crippen LogP contribution in [0.2, 0.25) is 0 Å². The van der Waals surface area contributed by atoms with Crippen molar-refractivity contribution in [3.63, 3.8) is 0 Å². The zero-order valence-electron chi connectivity index (χ0n) is 13.1. The van der Waals surface area contributed by atoms with Gasteiger partial charge in [-0.05, 0) is 31.7 Å². The Hall–Kier alpha value is -1.95. The Kier molecular flexibility index (Phi) is 3.64. The number of hydrogen-bond donors (Lipinski definition) is 2. The van der Waals surface area contributed by atoms with Gasteiger partial charge in [-0.2, -0.15) is 0 Å². The van der Waals surface area contributed by atoms with E-state index in [0.29, 0.717) is 28.9 Å². The highest BCUT2D eigenvalue weighted by Gasteiger charge is 2.42. The van der Waals surface area contributed by atoms with Gasteiger partial charge in [0.15, 0.2) is 0 Å². The molecule has 6 heteroatoms. The number of carbonyl (C=O) groups excluding carboxylic acids is 1. The van der Waals surface area contributed by atoms with Gasteiger partial charge in [0, 0.05) is 17.7 Å². The van der Waals surface area contributed by atoms with Gasteiger partial charge >= 0.3 is 0 Å². The second-order valence-electron chi connectivity index (χ2n) is 6.54. The standard InChI is InChI=1S/C16H21N3O3/c1-9(2)12-6-11(13-10(3)19-22-15(13)18-12)14(21)17-7-16(8-20)4-5-16/h6,9,20H,4-5,7-8H2,1-3H3,(H,17,21). The Morgan fingerprint density at radius 3 is 2.82 bits per heavy atom. The van der Waals surface area contributed by atoms with Crippen LogP contribution >= 0.6 is 0 Å². The first-order valence-corrected chi connectivity index (χ1v) is 7.62. The maximum atomic E-state index is 12.6. The Morgan fingerprint density at radius 1 is 1.50 bits per heavy atom. The van der Waals surface area contributed by atoms with Gasteiger partial charge in [-0.15, -0.1) is 0 Å². The number of rotatable bonds is 5. The lowest BCUT2D eigenvalue weighted by atomic mass is 10.0. The maximum Gasteiger partial charge on any atom is 0.259 e. The predicted octanol–water partition coefficient (Wildman–Crippen LogP) is 2.16. The highest BCUT2D eigenvalue weighted by atomic mass is 16.5. The van der Waals surface area contributed by atoms with Crippen molar-refractivity contribution < 1.29 is 14.4 Å². The summed E-state index contributed by atoms with van der Waals surface area (Å²) in [6.45, 7) is 6.44. The average molecular weight is 303 g/mol. The molecule has 1 saturated carbocycles. The number of hydrogen-bond acceptors (Lipinski definition) is 5. The quantitative estimate of drug-likeness (QED) is 0.883. The van der Waals surface area contributed by atoms with Crippen LogP contribution in [0.4, 0.5) is 0 Å². The minimum absolute atomic E-state index is 0.114. The van der Waals surface area contributed by atoms with Gasteiger partial charge in [-0.3, -0.25) is 4.79 Å². The molecule has 0 aromatic carbocycles. The second kappa shape index (κ2) is 5.35. The number of pyridine rings is 1. The van der Waals surface area contributed by atoms with Gasteiger partial charge in [-0.1, -0.05) is 19.0 Å². The third-order valence-electron chi connectivity index (χ3n) is 4.39. The number of fused-ring (bicyclic) bond motifs is 1. The topological polar surface area (TPSA) is 88.2 Å². The van der Waals surface area contributed by atoms with E-state index in [1.807, 2.05) is 19.9 Å². The van der Waals surface area contributed by atoms with Gasteiger partial charge in [0.25, 0.3) is 11.6 Å². The molecule has 1 aliphatic rings. The SMILES string of the molecule is Cc1noc2nc(C(C)C)cc(C(=O)NCC3(CO)CC3)c12. The minimum Gasteiger partial charge on any atom is -0.396 e. The summed E-state index contributed by atoms with van der Waals surface area (Å²) >= 11 is 0. The van der Waals surface area contributed by atoms with Crippen LogP contribution < -0.4 is 5.32 Å². The predicted molar refractivity (Wildman–Crippen MR) is 81.7 cm³/mol. The summed E-state index contributed by atoms with van der Waals surface area (Å²) in [6.07, 6.45) is 1.91. The fourth-order valence-electron chi connectivity index (χ4n) is 2.52. The van der Waals surface area contributed by atoms with E-state index in [2.05, 4.69) is 15.5 Å². The lowest BCUT2D eigenvalue weighted by Crippen LogP contribution is -2.32. The smallest absolute Gasteiger partial charge is 0.259 e. The van der Waals surface area contributed by atoms with E-state index in [1.165, 1.54) is 0 Å². The number of amides is 1. The summed E-state index contributed by atoms with van der Waals surface area (Å²) in [4.78, 5) is 17.0. The van der Waals surface area contributed by atoms with Crippen LogP contribution in [-0.4, -0.2) is 34.3 Å². The number of aromatic nitrogens is 2. The summed E-state index contributed by atoms with van der Waals surface area (Å²) in [5, 5.41) is 16.9. The lowest BCUT2D eigenvalue weighted by Gasteiger charge is -2.14. The van der Waals surface area contributed by atoms with E-state index in [-0.39, 0.29) is 23.8 Å². The Bertz CT molecular complexity index is 717. The van der Waals surface area contributed by atoms with Gasteiger partial charge < -0.3 is 14.9 Å². The van der Waals surface area contributed by atoms with Crippen molar-refractivity contribution in [2.24, 2.45) is 5.41 Å². The molecule has 0 spiro atoms. The minimum atomic E-state index is -0.166. The first-order valence-electron chi connectivity index (χ1n) is 7.62. The molecular weight excluding hydrogens is 282 g/mol. The first kappa shape index (κ1) is 15.0. The molecule has 118 valence electrons. The zero-order chi connectivity index (χ0) is 15.9. The lowest BCUT2D eigenvalue weighted by molar-refractivity contribution is 0.0936. The third-order valence-corrected chi connectivity index (χ3v) is 4.39. The molecule has 3 rings (SSSR count). The molecule has 0 atom stereocenters. The molecular formula is C16H21N3O3. The fourth-order valence-corrected chi connectivity index (χ4v) is 2.52. The number of carbonyl (C=O) groups is 1. The highest BCUT2D eigenvalue weighted by molar-refractivity contribution is 6.06. The van der Waals surface area contributed by atoms with E-state index in [4.69, 9.17) is 4.52 Å². The summed E-state index contributed by atoms with van der Waals surface area (Å²) < 4.78 is 5.23. The van der Waals surface area contributed by atoms with Crippen LogP contribution in [0.25, 0.3) is 11.1 Å². The van der Waals surface area contributed by atoms with E-state index < -0.39 is 0 Å². The van der Waals surface area contributed by atoms with Crippen LogP contribution in [0.5, 0.6) is 0 Å². The van der Waals surface area contributed by atoms with Crippen molar-refractivity contribution in [1.29, 1.82) is 0 Å². The van der Waals surface area contributed by atoms with E-state index in [9.17, 15) is 9.90 Å². The molecule has 0 aliphatic heterocycles. The van der Waals surface area contributed by atoms with Gasteiger partial charge in [0.05, 0.1) is 23.3 Å². The average Bonchev–Trinajstić information content (AvgIpc) is 3.21. The molecule has 0 saturated heterocycles. The van der Waals surface area contributed by atoms with Crippen molar-refractivity contribution in [1.82, 2.24) is 15.5 Å². The van der Waals surface area contributed by atoms with Crippen molar-refractivity contribution in [2.75, 3.05) is 13.2 Å². The van der Waals surface area contributed by atoms with E-state index in [1.54, 1.807) is 6.92 Å². The van der Waals surface area contributed by atoms with Crippen molar-refractivity contribution in [2.45, 2.75) is 39.5 Å². The fraction of sp³-hybridized carbons (Fsp3) is 0.562. The Balaban J connectivity index is 1.93. The molecule has 1 aliphatic carbocycles. The van der Waals surface area contributed by atoms with Crippen LogP contribution in [0.3, 0.4) is 0 Å². The number of aliphatic hydroxyl groups is 1. The Labute approximate surface area is 128 Å². The van der Waals surface area contributed by atoms with Gasteiger partial charge in [0.2, 0.25) is 0 Å². The summed E-state index contributed by atoms with van der Waals surface area (Å²) in [5.74, 6) is 0.0221. The van der Waals surface area contributed by atoms with Gasteiger partial charge in [0.1, 0.15) is 0 Å². The second-order valence-corrected chi connectivity index (χ2v) is 6.54. The molecule has 2 N–H and O–H groups in total. The molecule has 0 bridgehead atoms. The van der Waals surface area contributed by atoms with Crippen LogP contribution in [0, 0.1) is 12.3 Å². The van der Waals surface area contributed by atoms with Crippen molar-refractivity contribution in [3.8, 4) is 0 Å². The highest BCUT2D eigenvalue weighted by Crippen LogP contribution is 2.44. The van der Waals surface area contributed by atoms with Crippen LogP contribution in [0.1, 0.15) is 54.4 Å². The number of aliphatic hydroxyl groups excluding tert-OH is 1. The van der Waals surface area contributed by atoms with Gasteiger partial charge in [-0.25, -0.2) is 4.98 Å². The third kappa shape index (κ3) is 2.59. The van der Waals surface area contributed by atoms with E-state index in [0.717, 1.165) is 18.5 Å². The summed E-state index contributed by atoms with van der Waals surface area (Å²) in [7, 11) is 0. The number of nitrogens with zero attached hydrogens (tertiary/aromatic N) is 2. The summed E-state index contributed by atoms with van der Waals surface area (Å²) in [6, 6.07) is 1.81. The number of aryl methyl sites for hydroxylation is 1. The molecule has 0 radical (unpaired) electrons. The van der Waals surface area contributed by atoms with Crippen LogP contribution in [0.15, 0.2) is 10.6 Å². The number of nitrogens with one attached hydrogen (secondary N) is 1. The normalized spacial score (nSPS) is 16.2. The monoisotopic (exact) mass is 303 g/mol. The summed E-state index contributed by atoms with van der Waals surface area (Å²) in [5.41, 5.74) is 2.29. The molecule has 22 heavy (non-hydrogen) atoms. The maximum absolute atomic E-state index is 12.6. The van der Waals surface area contributed by atoms with E-state index >= 15 is 0 Å². The first-order chi connectivity index (χ1) is 10.5. The molecule has 1 fully saturated rings. The largest absolute Gasteiger partial charge is 0.396 e. The molecule has 1 amide bonds. The molecule has 0 unspecified atom stereocenters. The van der Waals surface area contributed by atoms with Crippen molar-refractivity contribution in [3.05, 3.63) is 23.0 Å². The molecule has 2 aromatic rings. The van der Waals surface area contributed by atoms with Crippen LogP contribution in [-0.2, 0) is 0 Å². The molecule has 6 nitrogen and oxygen atoms in total. The van der Waals surface area contributed by atoms with Crippen molar-refractivity contribution >= 4 is 17.0 Å². The Morgan fingerprint density at radius 2 is 2.23 bits per heavy atom. The zero-order valence-corrected chi connectivity index (χ0v) is 13.1. The molecule has 2 heterocycles. The molecule has 2 aromatic heterocycles.